The zero-order chi connectivity index (χ0) is 17.8. The van der Waals surface area contributed by atoms with Gasteiger partial charge >= 0.3 is 0 Å². The van der Waals surface area contributed by atoms with Gasteiger partial charge in [0.1, 0.15) is 11.7 Å². The van der Waals surface area contributed by atoms with Crippen LogP contribution in [0.1, 0.15) is 54.6 Å². The number of likely N-dealkylation sites (tertiary alicyclic amines) is 1. The van der Waals surface area contributed by atoms with Crippen LogP contribution in [0, 0.1) is 0 Å². The summed E-state index contributed by atoms with van der Waals surface area (Å²) in [6.45, 7) is 5.46. The van der Waals surface area contributed by atoms with Crippen molar-refractivity contribution in [3.63, 3.8) is 0 Å². The number of piperidine rings is 2. The minimum atomic E-state index is -0.676. The Labute approximate surface area is 147 Å². The van der Waals surface area contributed by atoms with Gasteiger partial charge in [0.25, 0.3) is 5.91 Å². The van der Waals surface area contributed by atoms with Crippen LogP contribution in [0.25, 0.3) is 0 Å². The normalized spacial score (nSPS) is 22.5. The highest BCUT2D eigenvalue weighted by atomic mass is 16.2. The van der Waals surface area contributed by atoms with Gasteiger partial charge < -0.3 is 10.2 Å². The zero-order valence-electron chi connectivity index (χ0n) is 14.5. The van der Waals surface area contributed by atoms with Gasteiger partial charge in [-0.05, 0) is 56.4 Å². The molecular formula is C18H24N4O3. The lowest BCUT2D eigenvalue weighted by atomic mass is 9.90. The van der Waals surface area contributed by atoms with Gasteiger partial charge in [-0.25, -0.2) is 0 Å². The molecule has 25 heavy (non-hydrogen) atoms. The fourth-order valence-corrected chi connectivity index (χ4v) is 3.43. The minimum absolute atomic E-state index is 0.236. The minimum Gasteiger partial charge on any atom is -0.339 e. The monoisotopic (exact) mass is 344 g/mol. The number of nitrogens with zero attached hydrogens (tertiary/aromatic N) is 2. The molecule has 1 atom stereocenters. The van der Waals surface area contributed by atoms with E-state index in [9.17, 15) is 14.4 Å². The highest BCUT2D eigenvalue weighted by molar-refractivity contribution is 6.03. The van der Waals surface area contributed by atoms with Crippen LogP contribution < -0.4 is 10.6 Å². The van der Waals surface area contributed by atoms with Gasteiger partial charge in [0, 0.05) is 12.6 Å². The number of aromatic nitrogens is 1. The summed E-state index contributed by atoms with van der Waals surface area (Å²) in [7, 11) is 0. The van der Waals surface area contributed by atoms with Crippen molar-refractivity contribution in [2.45, 2.75) is 44.6 Å². The average Bonchev–Trinajstić information content (AvgIpc) is 2.64. The van der Waals surface area contributed by atoms with E-state index in [0.29, 0.717) is 18.0 Å². The summed E-state index contributed by atoms with van der Waals surface area (Å²) in [6.07, 6.45) is 4.55. The summed E-state index contributed by atoms with van der Waals surface area (Å²) in [5.41, 5.74) is 1.45. The third-order valence-corrected chi connectivity index (χ3v) is 5.07. The number of carbonyl (C=O) groups is 3. The number of carbonyl (C=O) groups excluding carboxylic acids is 3. The molecule has 0 spiro atoms. The smallest absolute Gasteiger partial charge is 0.270 e. The molecule has 2 fully saturated rings. The van der Waals surface area contributed by atoms with Crippen LogP contribution >= 0.6 is 0 Å². The Bertz CT molecular complexity index is 651. The SMILES string of the molecule is CCN1CCC(c2ccc(C(=O)NC3CCC(=O)NC3=O)nc2)CC1. The van der Waals surface area contributed by atoms with Gasteiger partial charge in [0.2, 0.25) is 11.8 Å². The highest BCUT2D eigenvalue weighted by Gasteiger charge is 2.28. The van der Waals surface area contributed by atoms with E-state index in [1.165, 1.54) is 0 Å². The van der Waals surface area contributed by atoms with E-state index in [-0.39, 0.29) is 18.2 Å². The second-order valence-electron chi connectivity index (χ2n) is 6.66. The molecule has 2 N–H and O–H groups in total. The first-order valence-electron chi connectivity index (χ1n) is 8.89. The quantitative estimate of drug-likeness (QED) is 0.789. The van der Waals surface area contributed by atoms with Crippen molar-refractivity contribution in [1.82, 2.24) is 20.5 Å². The Morgan fingerprint density at radius 3 is 2.64 bits per heavy atom. The number of hydrogen-bond acceptors (Lipinski definition) is 5. The van der Waals surface area contributed by atoms with E-state index in [1.807, 2.05) is 6.07 Å². The Morgan fingerprint density at radius 1 is 1.28 bits per heavy atom. The molecule has 0 aliphatic carbocycles. The first-order valence-corrected chi connectivity index (χ1v) is 8.89. The second-order valence-corrected chi connectivity index (χ2v) is 6.66. The van der Waals surface area contributed by atoms with Crippen molar-refractivity contribution < 1.29 is 14.4 Å². The van der Waals surface area contributed by atoms with Crippen LogP contribution in [0.3, 0.4) is 0 Å². The van der Waals surface area contributed by atoms with Crippen molar-refractivity contribution in [3.8, 4) is 0 Å². The second kappa shape index (κ2) is 7.74. The summed E-state index contributed by atoms with van der Waals surface area (Å²) in [5, 5.41) is 4.88. The van der Waals surface area contributed by atoms with Crippen LogP contribution in [-0.4, -0.2) is 53.3 Å². The number of hydrogen-bond donors (Lipinski definition) is 2. The van der Waals surface area contributed by atoms with E-state index >= 15 is 0 Å². The van der Waals surface area contributed by atoms with Gasteiger partial charge in [-0.1, -0.05) is 13.0 Å². The van der Waals surface area contributed by atoms with Gasteiger partial charge in [0.05, 0.1) is 0 Å². The topological polar surface area (TPSA) is 91.4 Å². The summed E-state index contributed by atoms with van der Waals surface area (Å²) < 4.78 is 0. The van der Waals surface area contributed by atoms with E-state index in [0.717, 1.165) is 38.0 Å². The number of rotatable bonds is 4. The molecule has 0 saturated carbocycles. The number of pyridine rings is 1. The predicted molar refractivity (Wildman–Crippen MR) is 92.0 cm³/mol. The Balaban J connectivity index is 1.57. The first-order chi connectivity index (χ1) is 12.1. The maximum absolute atomic E-state index is 12.3. The van der Waals surface area contributed by atoms with E-state index in [1.54, 1.807) is 12.3 Å². The van der Waals surface area contributed by atoms with Gasteiger partial charge in [0.15, 0.2) is 0 Å². The molecule has 1 aromatic heterocycles. The van der Waals surface area contributed by atoms with Gasteiger partial charge in [-0.3, -0.25) is 24.7 Å². The van der Waals surface area contributed by atoms with Crippen molar-refractivity contribution in [2.24, 2.45) is 0 Å². The molecule has 0 aromatic carbocycles. The van der Waals surface area contributed by atoms with Crippen LogP contribution in [0.2, 0.25) is 0 Å². The van der Waals surface area contributed by atoms with Crippen LogP contribution in [0.15, 0.2) is 18.3 Å². The van der Waals surface area contributed by atoms with Crippen LogP contribution in [-0.2, 0) is 9.59 Å². The lowest BCUT2D eigenvalue weighted by molar-refractivity contribution is -0.134. The summed E-state index contributed by atoms with van der Waals surface area (Å²) >= 11 is 0. The van der Waals surface area contributed by atoms with Crippen LogP contribution in [0.4, 0.5) is 0 Å². The average molecular weight is 344 g/mol. The summed E-state index contributed by atoms with van der Waals surface area (Å²) in [4.78, 5) is 41.8. The Hall–Kier alpha value is -2.28. The molecule has 0 radical (unpaired) electrons. The lowest BCUT2D eigenvalue weighted by Gasteiger charge is -2.31. The molecule has 3 heterocycles. The molecule has 3 amide bonds. The molecule has 1 unspecified atom stereocenters. The molecule has 134 valence electrons. The third kappa shape index (κ3) is 4.22. The van der Waals surface area contributed by atoms with E-state index in [2.05, 4.69) is 27.4 Å². The number of imide groups is 1. The van der Waals surface area contributed by atoms with Gasteiger partial charge in [-0.2, -0.15) is 0 Å². The molecule has 2 aliphatic rings. The molecule has 3 rings (SSSR count). The Morgan fingerprint density at radius 2 is 2.04 bits per heavy atom. The van der Waals surface area contributed by atoms with Crippen molar-refractivity contribution in [3.05, 3.63) is 29.6 Å². The lowest BCUT2D eigenvalue weighted by Crippen LogP contribution is -2.52. The fraction of sp³-hybridized carbons (Fsp3) is 0.556. The molecule has 2 saturated heterocycles. The van der Waals surface area contributed by atoms with Crippen molar-refractivity contribution in [2.75, 3.05) is 19.6 Å². The fourth-order valence-electron chi connectivity index (χ4n) is 3.43. The maximum Gasteiger partial charge on any atom is 0.270 e. The maximum atomic E-state index is 12.3. The number of amides is 3. The first kappa shape index (κ1) is 17.5. The zero-order valence-corrected chi connectivity index (χ0v) is 14.5. The molecular weight excluding hydrogens is 320 g/mol. The molecule has 1 aromatic rings. The molecule has 7 heteroatoms. The summed E-state index contributed by atoms with van der Waals surface area (Å²) in [6, 6.07) is 2.99. The number of nitrogens with one attached hydrogen (secondary N) is 2. The highest BCUT2D eigenvalue weighted by Crippen LogP contribution is 2.27. The van der Waals surface area contributed by atoms with E-state index < -0.39 is 11.9 Å². The molecule has 2 aliphatic heterocycles. The van der Waals surface area contributed by atoms with Crippen molar-refractivity contribution in [1.29, 1.82) is 0 Å². The summed E-state index contributed by atoms with van der Waals surface area (Å²) in [5.74, 6) is -0.652. The third-order valence-electron chi connectivity index (χ3n) is 5.07. The van der Waals surface area contributed by atoms with Crippen molar-refractivity contribution >= 4 is 17.7 Å². The standard InChI is InChI=1S/C18H24N4O3/c1-2-22-9-7-12(8-10-22)13-3-4-14(19-11-13)17(24)20-15-5-6-16(23)21-18(15)25/h3-4,11-12,15H,2,5-10H2,1H3,(H,20,24)(H,21,23,25). The van der Waals surface area contributed by atoms with E-state index in [4.69, 9.17) is 0 Å². The molecule has 7 nitrogen and oxygen atoms in total. The molecule has 0 bridgehead atoms. The van der Waals surface area contributed by atoms with Gasteiger partial charge in [-0.15, -0.1) is 0 Å². The van der Waals surface area contributed by atoms with Crippen LogP contribution in [0.5, 0.6) is 0 Å². The largest absolute Gasteiger partial charge is 0.339 e. The predicted octanol–water partition coefficient (Wildman–Crippen LogP) is 0.816. The Kier molecular flexibility index (Phi) is 5.43.